The Morgan fingerprint density at radius 3 is 2.17 bits per heavy atom. The Bertz CT molecular complexity index is 1080. The van der Waals surface area contributed by atoms with Gasteiger partial charge < -0.3 is 9.47 Å². The van der Waals surface area contributed by atoms with Gasteiger partial charge in [-0.1, -0.05) is 0 Å². The standard InChI is InChI=1S/C16H24N2O8S3/c1-25-14-3-4-15(26-2)16(9-14)29(23,24)18(13-6-8-28(21,22)11-13)17-12-5-7-27(19,20)10-12/h3-4,9,12-13,17H,5-8,10-11H2,1-2H3/t12-,13-/m0/s1. The van der Waals surface area contributed by atoms with E-state index in [1.165, 1.54) is 26.4 Å². The number of rotatable bonds is 7. The lowest BCUT2D eigenvalue weighted by atomic mass is 10.2. The van der Waals surface area contributed by atoms with Gasteiger partial charge in [0.25, 0.3) is 10.0 Å². The zero-order valence-electron chi connectivity index (χ0n) is 16.1. The minimum absolute atomic E-state index is 0.0516. The van der Waals surface area contributed by atoms with Crippen molar-refractivity contribution >= 4 is 29.7 Å². The molecular formula is C16H24N2O8S3. The van der Waals surface area contributed by atoms with E-state index in [4.69, 9.17) is 9.47 Å². The summed E-state index contributed by atoms with van der Waals surface area (Å²) in [7, 11) is -8.22. The van der Waals surface area contributed by atoms with Crippen molar-refractivity contribution in [3.05, 3.63) is 18.2 Å². The molecule has 2 atom stereocenters. The Morgan fingerprint density at radius 1 is 1.00 bits per heavy atom. The van der Waals surface area contributed by atoms with Gasteiger partial charge in [-0.15, -0.1) is 4.41 Å². The highest BCUT2D eigenvalue weighted by molar-refractivity contribution is 7.92. The number of ether oxygens (including phenoxy) is 2. The van der Waals surface area contributed by atoms with Crippen LogP contribution in [0.1, 0.15) is 12.8 Å². The minimum atomic E-state index is -4.28. The quantitative estimate of drug-likeness (QED) is 0.529. The minimum Gasteiger partial charge on any atom is -0.497 e. The number of sulfonamides is 1. The molecule has 2 heterocycles. The van der Waals surface area contributed by atoms with Crippen LogP contribution in [-0.4, -0.2) is 79.0 Å². The molecule has 1 N–H and O–H groups in total. The molecule has 2 aliphatic heterocycles. The van der Waals surface area contributed by atoms with Gasteiger partial charge in [-0.3, -0.25) is 0 Å². The van der Waals surface area contributed by atoms with Crippen molar-refractivity contribution in [1.82, 2.24) is 9.84 Å². The van der Waals surface area contributed by atoms with Crippen molar-refractivity contribution in [3.8, 4) is 11.5 Å². The Labute approximate surface area is 171 Å². The summed E-state index contributed by atoms with van der Waals surface area (Å²) in [5, 5.41) is 0. The molecular weight excluding hydrogens is 444 g/mol. The molecule has 0 spiro atoms. The van der Waals surface area contributed by atoms with Crippen LogP contribution in [0, 0.1) is 0 Å². The van der Waals surface area contributed by atoms with E-state index in [2.05, 4.69) is 5.43 Å². The highest BCUT2D eigenvalue weighted by atomic mass is 32.2. The van der Waals surface area contributed by atoms with Crippen molar-refractivity contribution in [1.29, 1.82) is 0 Å². The second-order valence-corrected chi connectivity index (χ2v) is 13.3. The normalized spacial score (nSPS) is 25.9. The predicted molar refractivity (Wildman–Crippen MR) is 106 cm³/mol. The highest BCUT2D eigenvalue weighted by Crippen LogP contribution is 2.33. The summed E-state index contributed by atoms with van der Waals surface area (Å²) in [4.78, 5) is -0.197. The van der Waals surface area contributed by atoms with Crippen molar-refractivity contribution in [2.24, 2.45) is 0 Å². The predicted octanol–water partition coefficient (Wildman–Crippen LogP) is -0.427. The zero-order valence-corrected chi connectivity index (χ0v) is 18.5. The van der Waals surface area contributed by atoms with E-state index >= 15 is 0 Å². The largest absolute Gasteiger partial charge is 0.497 e. The second-order valence-electron chi connectivity index (χ2n) is 7.10. The average molecular weight is 469 g/mol. The number of sulfone groups is 2. The smallest absolute Gasteiger partial charge is 0.259 e. The number of benzene rings is 1. The molecule has 29 heavy (non-hydrogen) atoms. The Hall–Kier alpha value is -1.41. The van der Waals surface area contributed by atoms with Crippen LogP contribution in [-0.2, 0) is 29.7 Å². The monoisotopic (exact) mass is 468 g/mol. The topological polar surface area (TPSA) is 136 Å². The van der Waals surface area contributed by atoms with Gasteiger partial charge in [-0.25, -0.2) is 30.7 Å². The van der Waals surface area contributed by atoms with Gasteiger partial charge in [0, 0.05) is 12.1 Å². The third-order valence-corrected chi connectivity index (χ3v) is 10.3. The third kappa shape index (κ3) is 4.85. The Kier molecular flexibility index (Phi) is 6.16. The summed E-state index contributed by atoms with van der Waals surface area (Å²) in [5.74, 6) is -0.393. The molecule has 0 bridgehead atoms. The van der Waals surface area contributed by atoms with Crippen LogP contribution < -0.4 is 14.9 Å². The van der Waals surface area contributed by atoms with Crippen LogP contribution in [0.2, 0.25) is 0 Å². The number of hydrogen-bond acceptors (Lipinski definition) is 9. The number of nitrogens with one attached hydrogen (secondary N) is 1. The summed E-state index contributed by atoms with van der Waals surface area (Å²) in [5.41, 5.74) is 2.78. The molecule has 2 saturated heterocycles. The molecule has 13 heteroatoms. The van der Waals surface area contributed by atoms with Crippen molar-refractivity contribution in [3.63, 3.8) is 0 Å². The van der Waals surface area contributed by atoms with Gasteiger partial charge >= 0.3 is 0 Å². The molecule has 0 radical (unpaired) electrons. The van der Waals surface area contributed by atoms with E-state index in [9.17, 15) is 25.3 Å². The van der Waals surface area contributed by atoms with Gasteiger partial charge in [0.1, 0.15) is 16.4 Å². The SMILES string of the molecule is COc1ccc(OC)c(S(=O)(=O)N(N[C@H]2CCS(=O)(=O)C2)[C@H]2CCS(=O)(=O)C2)c1. The van der Waals surface area contributed by atoms with Crippen LogP contribution in [0.15, 0.2) is 23.1 Å². The van der Waals surface area contributed by atoms with Crippen LogP contribution >= 0.6 is 0 Å². The first kappa shape index (κ1) is 22.3. The maximum Gasteiger partial charge on any atom is 0.259 e. The van der Waals surface area contributed by atoms with Crippen molar-refractivity contribution < 1.29 is 34.7 Å². The summed E-state index contributed by atoms with van der Waals surface area (Å²) < 4.78 is 85.8. The number of nitrogens with zero attached hydrogens (tertiary/aromatic N) is 1. The first-order valence-corrected chi connectivity index (χ1v) is 14.0. The first-order chi connectivity index (χ1) is 13.5. The lowest BCUT2D eigenvalue weighted by molar-refractivity contribution is 0.228. The van der Waals surface area contributed by atoms with Gasteiger partial charge in [0.15, 0.2) is 19.7 Å². The van der Waals surface area contributed by atoms with Gasteiger partial charge in [-0.2, -0.15) is 0 Å². The summed E-state index contributed by atoms with van der Waals surface area (Å²) in [6, 6.07) is 2.78. The van der Waals surface area contributed by atoms with E-state index < -0.39 is 41.8 Å². The van der Waals surface area contributed by atoms with Gasteiger partial charge in [0.05, 0.1) is 43.3 Å². The van der Waals surface area contributed by atoms with Crippen LogP contribution in [0.4, 0.5) is 0 Å². The molecule has 164 valence electrons. The fourth-order valence-electron chi connectivity index (χ4n) is 3.50. The summed E-state index contributed by atoms with van der Waals surface area (Å²) in [6.07, 6.45) is 0.351. The average Bonchev–Trinajstić information content (AvgIpc) is 3.19. The zero-order chi connectivity index (χ0) is 21.4. The van der Waals surface area contributed by atoms with Crippen LogP contribution in [0.3, 0.4) is 0 Å². The lowest BCUT2D eigenvalue weighted by Crippen LogP contribution is -2.54. The molecule has 2 fully saturated rings. The molecule has 10 nitrogen and oxygen atoms in total. The lowest BCUT2D eigenvalue weighted by Gasteiger charge is -2.30. The summed E-state index contributed by atoms with van der Waals surface area (Å²) in [6.45, 7) is 0. The summed E-state index contributed by atoms with van der Waals surface area (Å²) >= 11 is 0. The number of methoxy groups -OCH3 is 2. The van der Waals surface area contributed by atoms with Crippen LogP contribution in [0.25, 0.3) is 0 Å². The molecule has 0 unspecified atom stereocenters. The van der Waals surface area contributed by atoms with E-state index in [1.54, 1.807) is 6.07 Å². The highest BCUT2D eigenvalue weighted by Gasteiger charge is 2.42. The van der Waals surface area contributed by atoms with Crippen molar-refractivity contribution in [2.45, 2.75) is 29.8 Å². The fraction of sp³-hybridized carbons (Fsp3) is 0.625. The molecule has 0 aromatic heterocycles. The van der Waals surface area contributed by atoms with E-state index in [-0.39, 0.29) is 52.2 Å². The number of hydrogen-bond donors (Lipinski definition) is 1. The molecule has 0 amide bonds. The maximum absolute atomic E-state index is 13.5. The van der Waals surface area contributed by atoms with Crippen molar-refractivity contribution in [2.75, 3.05) is 37.2 Å². The van der Waals surface area contributed by atoms with E-state index in [1.807, 2.05) is 0 Å². The molecule has 3 rings (SSSR count). The molecule has 1 aromatic carbocycles. The maximum atomic E-state index is 13.5. The van der Waals surface area contributed by atoms with E-state index in [0.29, 0.717) is 0 Å². The Balaban J connectivity index is 2.03. The molecule has 2 aliphatic rings. The molecule has 1 aromatic rings. The molecule has 0 saturated carbocycles. The second kappa shape index (κ2) is 8.02. The van der Waals surface area contributed by atoms with Gasteiger partial charge in [-0.05, 0) is 25.0 Å². The Morgan fingerprint density at radius 2 is 1.66 bits per heavy atom. The van der Waals surface area contributed by atoms with Gasteiger partial charge in [0.2, 0.25) is 0 Å². The molecule has 0 aliphatic carbocycles. The first-order valence-electron chi connectivity index (χ1n) is 8.91. The van der Waals surface area contributed by atoms with E-state index in [0.717, 1.165) is 4.41 Å². The van der Waals surface area contributed by atoms with Crippen LogP contribution in [0.5, 0.6) is 11.5 Å². The third-order valence-electron chi connectivity index (χ3n) is 4.99. The fourth-order valence-corrected chi connectivity index (χ4v) is 8.70. The number of hydrazine groups is 1.